The van der Waals surface area contributed by atoms with Gasteiger partial charge in [-0.2, -0.15) is 0 Å². The van der Waals surface area contributed by atoms with Crippen molar-refractivity contribution in [3.05, 3.63) is 200 Å². The molecule has 0 aliphatic carbocycles. The first-order chi connectivity index (χ1) is 27.8. The first-order valence-corrected chi connectivity index (χ1v) is 18.9. The average molecular weight is 716 g/mol. The lowest BCUT2D eigenvalue weighted by molar-refractivity contribution is 1.05. The van der Waals surface area contributed by atoms with Crippen molar-refractivity contribution in [2.75, 3.05) is 0 Å². The Morgan fingerprint density at radius 1 is 0.268 bits per heavy atom. The van der Waals surface area contributed by atoms with Gasteiger partial charge in [0.2, 0.25) is 0 Å². The molecule has 5 heteroatoms. The Morgan fingerprint density at radius 2 is 0.571 bits per heavy atom. The number of para-hydroxylation sites is 4. The first-order valence-electron chi connectivity index (χ1n) is 18.9. The molecule has 0 N–H and O–H groups in total. The number of hydrogen-bond acceptors (Lipinski definition) is 3. The molecule has 262 valence electrons. The Labute approximate surface area is 323 Å². The van der Waals surface area contributed by atoms with E-state index in [1.807, 2.05) is 36.4 Å². The van der Waals surface area contributed by atoms with Crippen molar-refractivity contribution in [3.8, 4) is 56.7 Å². The molecule has 11 aromatic rings. The lowest BCUT2D eigenvalue weighted by Crippen LogP contribution is -2.08. The molecule has 0 saturated heterocycles. The highest BCUT2D eigenvalue weighted by molar-refractivity contribution is 6.12. The molecule has 0 spiro atoms. The van der Waals surface area contributed by atoms with Gasteiger partial charge in [0, 0.05) is 32.7 Å². The van der Waals surface area contributed by atoms with Gasteiger partial charge in [-0.05, 0) is 47.5 Å². The summed E-state index contributed by atoms with van der Waals surface area (Å²) in [6.45, 7) is 0. The van der Waals surface area contributed by atoms with E-state index < -0.39 is 0 Å². The van der Waals surface area contributed by atoms with E-state index in [0.29, 0.717) is 17.5 Å². The van der Waals surface area contributed by atoms with Crippen LogP contribution < -0.4 is 0 Å². The van der Waals surface area contributed by atoms with Gasteiger partial charge in [0.05, 0.1) is 39.0 Å². The molecule has 0 saturated carbocycles. The molecule has 0 radical (unpaired) electrons. The summed E-state index contributed by atoms with van der Waals surface area (Å²) in [5.41, 5.74) is 11.3. The minimum Gasteiger partial charge on any atom is -0.308 e. The van der Waals surface area contributed by atoms with Crippen LogP contribution in [-0.4, -0.2) is 24.1 Å². The summed E-state index contributed by atoms with van der Waals surface area (Å²) in [6, 6.07) is 70.4. The fourth-order valence-corrected chi connectivity index (χ4v) is 8.28. The maximum absolute atomic E-state index is 5.41. The maximum atomic E-state index is 5.41. The van der Waals surface area contributed by atoms with Crippen LogP contribution in [0.15, 0.2) is 200 Å². The van der Waals surface area contributed by atoms with E-state index in [1.165, 1.54) is 21.5 Å². The van der Waals surface area contributed by atoms with Gasteiger partial charge in [-0.1, -0.05) is 164 Å². The summed E-state index contributed by atoms with van der Waals surface area (Å²) in [4.78, 5) is 15.9. The van der Waals surface area contributed by atoms with Crippen molar-refractivity contribution < 1.29 is 0 Å². The lowest BCUT2D eigenvalue weighted by Gasteiger charge is -2.21. The predicted octanol–water partition coefficient (Wildman–Crippen LogP) is 12.7. The summed E-state index contributed by atoms with van der Waals surface area (Å²) < 4.78 is 4.80. The minimum absolute atomic E-state index is 0.589. The molecule has 5 nitrogen and oxygen atoms in total. The van der Waals surface area contributed by atoms with Crippen molar-refractivity contribution in [1.82, 2.24) is 24.1 Å². The Bertz CT molecular complexity index is 2940. The molecule has 0 aliphatic rings. The van der Waals surface area contributed by atoms with E-state index >= 15 is 0 Å². The smallest absolute Gasteiger partial charge is 0.168 e. The third kappa shape index (κ3) is 5.13. The molecule has 0 atom stereocenters. The fraction of sp³-hybridized carbons (Fsp3) is 0. The van der Waals surface area contributed by atoms with Crippen LogP contribution in [0, 0.1) is 0 Å². The van der Waals surface area contributed by atoms with Crippen molar-refractivity contribution in [2.45, 2.75) is 0 Å². The van der Waals surface area contributed by atoms with Gasteiger partial charge in [-0.3, -0.25) is 0 Å². The Kier molecular flexibility index (Phi) is 7.42. The molecule has 11 rings (SSSR count). The topological polar surface area (TPSA) is 48.5 Å². The SMILES string of the molecule is c1ccc(-c2cc(-n3c4ccccc4c4ccccc43)c(-c3nc(-c4ccccc4)nc(-c4ccccc4)n3)c(-n3c4ccccc4c4ccccc43)c2)cc1. The Morgan fingerprint density at radius 3 is 0.946 bits per heavy atom. The standard InChI is InChI=1S/C51H33N5/c1-4-18-34(19-5-1)37-32-46(55-42-28-14-10-24-38(42)39-25-11-15-29-43(39)55)48(47(33-37)56-44-30-16-12-26-40(44)41-27-13-17-31-45(41)56)51-53-49(35-20-6-2-7-21-35)52-50(54-51)36-22-8-3-9-23-36/h1-33H. The van der Waals surface area contributed by atoms with Crippen LogP contribution in [0.4, 0.5) is 0 Å². The van der Waals surface area contributed by atoms with Gasteiger partial charge < -0.3 is 9.13 Å². The van der Waals surface area contributed by atoms with Crippen LogP contribution in [0.2, 0.25) is 0 Å². The number of fused-ring (bicyclic) bond motifs is 6. The zero-order valence-corrected chi connectivity index (χ0v) is 30.3. The highest BCUT2D eigenvalue weighted by Crippen LogP contribution is 2.44. The number of benzene rings is 8. The fourth-order valence-electron chi connectivity index (χ4n) is 8.28. The largest absolute Gasteiger partial charge is 0.308 e. The summed E-state index contributed by atoms with van der Waals surface area (Å²) >= 11 is 0. The summed E-state index contributed by atoms with van der Waals surface area (Å²) in [7, 11) is 0. The van der Waals surface area contributed by atoms with E-state index in [0.717, 1.165) is 61.3 Å². The number of rotatable bonds is 6. The molecule has 0 fully saturated rings. The Hall–Kier alpha value is -7.63. The van der Waals surface area contributed by atoms with Crippen LogP contribution in [-0.2, 0) is 0 Å². The second-order valence-electron chi connectivity index (χ2n) is 14.0. The van der Waals surface area contributed by atoms with Gasteiger partial charge in [0.25, 0.3) is 0 Å². The summed E-state index contributed by atoms with van der Waals surface area (Å²) in [5.74, 6) is 1.82. The van der Waals surface area contributed by atoms with Gasteiger partial charge in [-0.15, -0.1) is 0 Å². The van der Waals surface area contributed by atoms with E-state index in [2.05, 4.69) is 173 Å². The van der Waals surface area contributed by atoms with Crippen molar-refractivity contribution in [2.24, 2.45) is 0 Å². The first kappa shape index (κ1) is 31.9. The normalized spacial score (nSPS) is 11.6. The van der Waals surface area contributed by atoms with Crippen LogP contribution in [0.1, 0.15) is 0 Å². The molecule has 0 aliphatic heterocycles. The number of nitrogens with zero attached hydrogens (tertiary/aromatic N) is 5. The second-order valence-corrected chi connectivity index (χ2v) is 14.0. The van der Waals surface area contributed by atoms with Gasteiger partial charge in [0.15, 0.2) is 17.5 Å². The average Bonchev–Trinajstić information content (AvgIpc) is 3.80. The van der Waals surface area contributed by atoms with Crippen molar-refractivity contribution in [3.63, 3.8) is 0 Å². The third-order valence-corrected chi connectivity index (χ3v) is 10.8. The van der Waals surface area contributed by atoms with E-state index in [-0.39, 0.29) is 0 Å². The molecule has 56 heavy (non-hydrogen) atoms. The molecule has 8 aromatic carbocycles. The summed E-state index contributed by atoms with van der Waals surface area (Å²) in [5, 5.41) is 4.73. The quantitative estimate of drug-likeness (QED) is 0.172. The van der Waals surface area contributed by atoms with Crippen LogP contribution in [0.25, 0.3) is 100 Å². The van der Waals surface area contributed by atoms with Gasteiger partial charge >= 0.3 is 0 Å². The molecule has 0 unspecified atom stereocenters. The number of hydrogen-bond donors (Lipinski definition) is 0. The van der Waals surface area contributed by atoms with Crippen molar-refractivity contribution in [1.29, 1.82) is 0 Å². The van der Waals surface area contributed by atoms with Crippen LogP contribution in [0.5, 0.6) is 0 Å². The molecule has 0 amide bonds. The van der Waals surface area contributed by atoms with Crippen molar-refractivity contribution >= 4 is 43.6 Å². The highest BCUT2D eigenvalue weighted by atomic mass is 15.1. The van der Waals surface area contributed by atoms with E-state index in [1.54, 1.807) is 0 Å². The molecular weight excluding hydrogens is 683 g/mol. The van der Waals surface area contributed by atoms with Crippen LogP contribution in [0.3, 0.4) is 0 Å². The molecule has 3 heterocycles. The monoisotopic (exact) mass is 715 g/mol. The maximum Gasteiger partial charge on any atom is 0.168 e. The molecule has 0 bridgehead atoms. The predicted molar refractivity (Wildman–Crippen MR) is 230 cm³/mol. The Balaban J connectivity index is 1.36. The number of aromatic nitrogens is 5. The summed E-state index contributed by atoms with van der Waals surface area (Å²) in [6.07, 6.45) is 0. The van der Waals surface area contributed by atoms with E-state index in [4.69, 9.17) is 15.0 Å². The zero-order valence-electron chi connectivity index (χ0n) is 30.3. The highest BCUT2D eigenvalue weighted by Gasteiger charge is 2.26. The van der Waals surface area contributed by atoms with E-state index in [9.17, 15) is 0 Å². The van der Waals surface area contributed by atoms with Crippen LogP contribution >= 0.6 is 0 Å². The minimum atomic E-state index is 0.589. The zero-order chi connectivity index (χ0) is 37.0. The molecular formula is C51H33N5. The van der Waals surface area contributed by atoms with Gasteiger partial charge in [0.1, 0.15) is 0 Å². The molecule has 3 aromatic heterocycles. The lowest BCUT2D eigenvalue weighted by atomic mass is 9.98. The second kappa shape index (κ2) is 13.0. The van der Waals surface area contributed by atoms with Gasteiger partial charge in [-0.25, -0.2) is 15.0 Å². The third-order valence-electron chi connectivity index (χ3n) is 10.8.